The average molecular weight is 612 g/mol. The Kier molecular flexibility index (Phi) is 7.75. The molecule has 200 valence electrons. The number of hydrogen-bond acceptors (Lipinski definition) is 4. The normalized spacial score (nSPS) is 14.0. The first-order valence-corrected chi connectivity index (χ1v) is 14.9. The van der Waals surface area contributed by atoms with E-state index in [2.05, 4.69) is 81.2 Å². The van der Waals surface area contributed by atoms with Gasteiger partial charge in [0.15, 0.2) is 0 Å². The molecule has 0 spiro atoms. The van der Waals surface area contributed by atoms with Gasteiger partial charge in [-0.05, 0) is 31.2 Å². The van der Waals surface area contributed by atoms with Crippen LogP contribution in [0.3, 0.4) is 0 Å². The molecule has 0 aliphatic carbocycles. The minimum Gasteiger partial charge on any atom is -0.366 e. The van der Waals surface area contributed by atoms with Crippen LogP contribution in [0.4, 0.5) is 15.1 Å². The zero-order chi connectivity index (χ0) is 27.5. The van der Waals surface area contributed by atoms with Gasteiger partial charge in [-0.2, -0.15) is 0 Å². The number of amidine groups is 1. The Hall–Kier alpha value is -3.81. The maximum atomic E-state index is 14.5. The largest absolute Gasteiger partial charge is 0.366 e. The maximum absolute atomic E-state index is 14.5. The van der Waals surface area contributed by atoms with Crippen molar-refractivity contribution < 1.29 is 4.39 Å². The van der Waals surface area contributed by atoms with Crippen molar-refractivity contribution in [3.05, 3.63) is 125 Å². The van der Waals surface area contributed by atoms with Gasteiger partial charge in [-0.25, -0.2) is 14.4 Å². The van der Waals surface area contributed by atoms with Crippen molar-refractivity contribution in [1.29, 1.82) is 0 Å². The third-order valence-electron chi connectivity index (χ3n) is 7.04. The predicted molar refractivity (Wildman–Crippen MR) is 168 cm³/mol. The van der Waals surface area contributed by atoms with Gasteiger partial charge in [0.25, 0.3) is 0 Å². The lowest BCUT2D eigenvalue weighted by Crippen LogP contribution is -2.49. The maximum Gasteiger partial charge on any atom is 0.146 e. The fraction of sp³-hybridized carbons (Fsp3) is 0.152. The van der Waals surface area contributed by atoms with Crippen LogP contribution in [-0.2, 0) is 0 Å². The fourth-order valence-corrected chi connectivity index (χ4v) is 6.10. The van der Waals surface area contributed by atoms with Gasteiger partial charge in [-0.3, -0.25) is 0 Å². The second-order valence-electron chi connectivity index (χ2n) is 9.77. The Morgan fingerprint density at radius 3 is 2.17 bits per heavy atom. The van der Waals surface area contributed by atoms with E-state index in [9.17, 15) is 4.39 Å². The molecule has 0 radical (unpaired) electrons. The summed E-state index contributed by atoms with van der Waals surface area (Å²) in [5.41, 5.74) is 5.89. The van der Waals surface area contributed by atoms with Crippen LogP contribution in [0.1, 0.15) is 11.1 Å². The molecular formula is C33H28BrFN4S. The lowest BCUT2D eigenvalue weighted by atomic mass is 10.1. The number of piperazine rings is 1. The number of hydrogen-bond donors (Lipinski definition) is 0. The van der Waals surface area contributed by atoms with Gasteiger partial charge < -0.3 is 9.80 Å². The van der Waals surface area contributed by atoms with Crippen LogP contribution in [-0.4, -0.2) is 41.9 Å². The van der Waals surface area contributed by atoms with Crippen molar-refractivity contribution in [1.82, 2.24) is 9.88 Å². The quantitative estimate of drug-likeness (QED) is 0.147. The van der Waals surface area contributed by atoms with Crippen molar-refractivity contribution in [3.63, 3.8) is 0 Å². The molecule has 1 saturated heterocycles. The van der Waals surface area contributed by atoms with E-state index in [4.69, 9.17) is 9.98 Å². The first-order valence-electron chi connectivity index (χ1n) is 13.3. The van der Waals surface area contributed by atoms with E-state index < -0.39 is 0 Å². The smallest absolute Gasteiger partial charge is 0.146 e. The minimum absolute atomic E-state index is 0.182. The summed E-state index contributed by atoms with van der Waals surface area (Å²) in [4.78, 5) is 14.8. The highest BCUT2D eigenvalue weighted by molar-refractivity contribution is 9.10. The first kappa shape index (κ1) is 26.4. The molecule has 0 saturated carbocycles. The number of halogens is 2. The summed E-state index contributed by atoms with van der Waals surface area (Å²) in [6, 6.07) is 34.0. The van der Waals surface area contributed by atoms with Crippen molar-refractivity contribution in [2.24, 2.45) is 4.99 Å². The van der Waals surface area contributed by atoms with Gasteiger partial charge in [0, 0.05) is 47.3 Å². The number of aromatic nitrogens is 1. The SMILES string of the molecule is Cc1ccc(-c2nc(-c3ccccc3)sc2N=C(c2ccc(Br)cc2)N2CCN(c3ccccc3F)CC2)cc1. The van der Waals surface area contributed by atoms with E-state index in [1.807, 2.05) is 42.5 Å². The number of benzene rings is 4. The van der Waals surface area contributed by atoms with Crippen molar-refractivity contribution in [2.45, 2.75) is 6.92 Å². The molecule has 1 aliphatic heterocycles. The van der Waals surface area contributed by atoms with Gasteiger partial charge in [-0.15, -0.1) is 0 Å². The fourth-order valence-electron chi connectivity index (χ4n) is 4.87. The zero-order valence-electron chi connectivity index (χ0n) is 22.1. The molecule has 2 heterocycles. The number of rotatable bonds is 5. The topological polar surface area (TPSA) is 31.7 Å². The Morgan fingerprint density at radius 1 is 0.800 bits per heavy atom. The summed E-state index contributed by atoms with van der Waals surface area (Å²) < 4.78 is 15.5. The molecule has 40 heavy (non-hydrogen) atoms. The summed E-state index contributed by atoms with van der Waals surface area (Å²) in [5.74, 6) is 0.718. The van der Waals surface area contributed by atoms with Crippen molar-refractivity contribution >= 4 is 43.8 Å². The second-order valence-corrected chi connectivity index (χ2v) is 11.7. The number of thiazole rings is 1. The predicted octanol–water partition coefficient (Wildman–Crippen LogP) is 8.59. The molecule has 1 aliphatic rings. The molecule has 0 N–H and O–H groups in total. The van der Waals surface area contributed by atoms with E-state index in [0.717, 1.165) is 55.8 Å². The highest BCUT2D eigenvalue weighted by Crippen LogP contribution is 2.40. The lowest BCUT2D eigenvalue weighted by Gasteiger charge is -2.38. The lowest BCUT2D eigenvalue weighted by molar-refractivity contribution is 0.384. The third-order valence-corrected chi connectivity index (χ3v) is 8.56. The first-order chi connectivity index (χ1) is 19.5. The number of aryl methyl sites for hydroxylation is 1. The summed E-state index contributed by atoms with van der Waals surface area (Å²) in [7, 11) is 0. The van der Waals surface area contributed by atoms with E-state index in [-0.39, 0.29) is 5.82 Å². The second kappa shape index (κ2) is 11.7. The highest BCUT2D eigenvalue weighted by atomic mass is 79.9. The Balaban J connectivity index is 1.41. The molecular weight excluding hydrogens is 583 g/mol. The van der Waals surface area contributed by atoms with Gasteiger partial charge >= 0.3 is 0 Å². The standard InChI is InChI=1S/C33H28BrFN4S/c1-23-11-13-24(14-12-23)30-33(40-32(36-30)26-7-3-2-4-8-26)37-31(25-15-17-27(34)18-16-25)39-21-19-38(20-22-39)29-10-6-5-9-28(29)35/h2-18H,19-22H2,1H3. The van der Waals surface area contributed by atoms with Gasteiger partial charge in [0.2, 0.25) is 0 Å². The van der Waals surface area contributed by atoms with Crippen LogP contribution in [0.5, 0.6) is 0 Å². The van der Waals surface area contributed by atoms with Crippen LogP contribution >= 0.6 is 27.3 Å². The number of anilines is 1. The summed E-state index contributed by atoms with van der Waals surface area (Å²) in [6.45, 7) is 4.96. The van der Waals surface area contributed by atoms with Gasteiger partial charge in [0.1, 0.15) is 27.4 Å². The summed E-state index contributed by atoms with van der Waals surface area (Å²) >= 11 is 5.18. The monoisotopic (exact) mass is 610 g/mol. The minimum atomic E-state index is -0.182. The zero-order valence-corrected chi connectivity index (χ0v) is 24.5. The molecule has 1 aromatic heterocycles. The molecule has 0 amide bonds. The van der Waals surface area contributed by atoms with Crippen LogP contribution in [0.2, 0.25) is 0 Å². The Morgan fingerprint density at radius 2 is 1.48 bits per heavy atom. The molecule has 5 aromatic rings. The molecule has 0 unspecified atom stereocenters. The third kappa shape index (κ3) is 5.71. The van der Waals surface area contributed by atoms with Crippen molar-refractivity contribution in [2.75, 3.05) is 31.1 Å². The number of nitrogens with zero attached hydrogens (tertiary/aromatic N) is 4. The van der Waals surface area contributed by atoms with E-state index >= 15 is 0 Å². The Labute approximate surface area is 246 Å². The molecule has 4 nitrogen and oxygen atoms in total. The van der Waals surface area contributed by atoms with E-state index in [0.29, 0.717) is 18.8 Å². The van der Waals surface area contributed by atoms with Crippen LogP contribution in [0.15, 0.2) is 113 Å². The average Bonchev–Trinajstić information content (AvgIpc) is 3.42. The summed E-state index contributed by atoms with van der Waals surface area (Å²) in [5, 5.41) is 1.81. The summed E-state index contributed by atoms with van der Waals surface area (Å²) in [6.07, 6.45) is 0. The molecule has 1 fully saturated rings. The van der Waals surface area contributed by atoms with Crippen LogP contribution < -0.4 is 4.90 Å². The molecule has 7 heteroatoms. The number of para-hydroxylation sites is 1. The van der Waals surface area contributed by atoms with E-state index in [1.54, 1.807) is 17.4 Å². The molecule has 0 atom stereocenters. The van der Waals surface area contributed by atoms with Crippen LogP contribution in [0.25, 0.3) is 21.8 Å². The Bertz CT molecular complexity index is 1620. The molecule has 6 rings (SSSR count). The highest BCUT2D eigenvalue weighted by Gasteiger charge is 2.24. The van der Waals surface area contributed by atoms with Gasteiger partial charge in [0.05, 0.1) is 5.69 Å². The van der Waals surface area contributed by atoms with Crippen molar-refractivity contribution in [3.8, 4) is 21.8 Å². The van der Waals surface area contributed by atoms with E-state index in [1.165, 1.54) is 11.6 Å². The molecule has 0 bridgehead atoms. The molecule has 4 aromatic carbocycles. The van der Waals surface area contributed by atoms with Gasteiger partial charge in [-0.1, -0.05) is 112 Å². The van der Waals surface area contributed by atoms with Crippen LogP contribution in [0, 0.1) is 12.7 Å². The number of aliphatic imine (C=N–C) groups is 1.